The fraction of sp³-hybridized carbons (Fsp3) is 0.207. The number of Topliss-reactive ketones (excluding diaryl/α,β-unsaturated/α-hetero) is 1. The summed E-state index contributed by atoms with van der Waals surface area (Å²) in [5.74, 6) is -0.364. The molecule has 0 radical (unpaired) electrons. The molecule has 0 spiro atoms. The van der Waals surface area contributed by atoms with Crippen LogP contribution in [0, 0.1) is 0 Å². The van der Waals surface area contributed by atoms with E-state index >= 15 is 0 Å². The van der Waals surface area contributed by atoms with Crippen LogP contribution in [0.15, 0.2) is 106 Å². The Morgan fingerprint density at radius 2 is 1.47 bits per heavy atom. The number of ketones is 1. The van der Waals surface area contributed by atoms with Gasteiger partial charge in [0.05, 0.1) is 11.3 Å². The molecule has 3 aromatic rings. The summed E-state index contributed by atoms with van der Waals surface area (Å²) in [6, 6.07) is 25.5. The number of rotatable bonds is 6. The minimum absolute atomic E-state index is 0.0281. The number of hydrogen-bond donors (Lipinski definition) is 1. The standard InChI is InChI=1S/C29H27N3O2/c1-3-32(4-2)21-16-14-20(15-17-21)27-24(19-10-6-5-7-11-19)18-25(30-31-27)26-28(33)22-12-8-9-13-23(22)29(26)34/h5-18,24,27,33H,3-4H2,1-2H3/t24-,27+/m1/s1. The molecule has 5 nitrogen and oxygen atoms in total. The van der Waals surface area contributed by atoms with E-state index in [-0.39, 0.29) is 29.1 Å². The topological polar surface area (TPSA) is 65.3 Å². The first kappa shape index (κ1) is 21.8. The Balaban J connectivity index is 1.54. The van der Waals surface area contributed by atoms with Crippen molar-refractivity contribution < 1.29 is 9.90 Å². The number of hydrogen-bond acceptors (Lipinski definition) is 5. The molecule has 2 aliphatic rings. The maximum Gasteiger partial charge on any atom is 0.199 e. The van der Waals surface area contributed by atoms with Gasteiger partial charge in [-0.05, 0) is 43.2 Å². The van der Waals surface area contributed by atoms with Crippen molar-refractivity contribution in [2.24, 2.45) is 10.2 Å². The van der Waals surface area contributed by atoms with Gasteiger partial charge in [0.2, 0.25) is 0 Å². The number of benzene rings is 3. The number of allylic oxidation sites excluding steroid dienone is 1. The van der Waals surface area contributed by atoms with Gasteiger partial charge in [0.25, 0.3) is 0 Å². The van der Waals surface area contributed by atoms with Gasteiger partial charge in [-0.2, -0.15) is 10.2 Å². The monoisotopic (exact) mass is 449 g/mol. The molecule has 0 saturated heterocycles. The average Bonchev–Trinajstić information content (AvgIpc) is 3.15. The fourth-order valence-corrected chi connectivity index (χ4v) is 4.83. The first-order chi connectivity index (χ1) is 16.6. The molecule has 1 aliphatic carbocycles. The molecule has 0 aromatic heterocycles. The highest BCUT2D eigenvalue weighted by atomic mass is 16.3. The van der Waals surface area contributed by atoms with Crippen molar-refractivity contribution in [3.63, 3.8) is 0 Å². The lowest BCUT2D eigenvalue weighted by Crippen LogP contribution is -2.21. The van der Waals surface area contributed by atoms with E-state index in [1.165, 1.54) is 5.69 Å². The van der Waals surface area contributed by atoms with E-state index in [9.17, 15) is 9.90 Å². The second-order valence-corrected chi connectivity index (χ2v) is 8.51. The van der Waals surface area contributed by atoms with Crippen LogP contribution in [0.2, 0.25) is 0 Å². The Labute approximate surface area is 199 Å². The van der Waals surface area contributed by atoms with Gasteiger partial charge in [-0.3, -0.25) is 4.79 Å². The summed E-state index contributed by atoms with van der Waals surface area (Å²) in [6.45, 7) is 6.20. The number of aliphatic hydroxyl groups is 1. The Hall–Kier alpha value is -3.99. The van der Waals surface area contributed by atoms with E-state index in [1.54, 1.807) is 18.2 Å². The number of nitrogens with zero attached hydrogens (tertiary/aromatic N) is 3. The summed E-state index contributed by atoms with van der Waals surface area (Å²) < 4.78 is 0. The lowest BCUT2D eigenvalue weighted by atomic mass is 9.85. The Morgan fingerprint density at radius 1 is 0.824 bits per heavy atom. The van der Waals surface area contributed by atoms with Gasteiger partial charge in [0.1, 0.15) is 11.8 Å². The first-order valence-electron chi connectivity index (χ1n) is 11.7. The van der Waals surface area contributed by atoms with Gasteiger partial charge >= 0.3 is 0 Å². The molecule has 0 unspecified atom stereocenters. The number of anilines is 1. The van der Waals surface area contributed by atoms with Crippen LogP contribution in [0.4, 0.5) is 5.69 Å². The average molecular weight is 450 g/mol. The summed E-state index contributed by atoms with van der Waals surface area (Å²) in [6.07, 6.45) is 1.97. The van der Waals surface area contributed by atoms with Crippen LogP contribution in [-0.4, -0.2) is 24.0 Å². The van der Waals surface area contributed by atoms with Crippen molar-refractivity contribution >= 4 is 17.2 Å². The van der Waals surface area contributed by atoms with Crippen molar-refractivity contribution in [3.05, 3.63) is 118 Å². The minimum atomic E-state index is -0.224. The first-order valence-corrected chi connectivity index (χ1v) is 11.7. The summed E-state index contributed by atoms with van der Waals surface area (Å²) in [5, 5.41) is 20.0. The van der Waals surface area contributed by atoms with Gasteiger partial charge in [-0.15, -0.1) is 0 Å². The summed E-state index contributed by atoms with van der Waals surface area (Å²) in [7, 11) is 0. The highest BCUT2D eigenvalue weighted by Crippen LogP contribution is 2.44. The van der Waals surface area contributed by atoms with Gasteiger partial charge in [0, 0.05) is 35.8 Å². The lowest BCUT2D eigenvalue weighted by molar-refractivity contribution is 0.103. The third-order valence-electron chi connectivity index (χ3n) is 6.66. The SMILES string of the molecule is CCN(CC)c1ccc([C@@H]2N=NC(C3=C(O)c4ccccc4C3=O)=C[C@@H]2c2ccccc2)cc1. The van der Waals surface area contributed by atoms with Crippen LogP contribution in [0.1, 0.15) is 52.9 Å². The van der Waals surface area contributed by atoms with Crippen molar-refractivity contribution in [1.29, 1.82) is 0 Å². The predicted molar refractivity (Wildman–Crippen MR) is 135 cm³/mol. The van der Waals surface area contributed by atoms with Crippen LogP contribution in [0.3, 0.4) is 0 Å². The highest BCUT2D eigenvalue weighted by molar-refractivity contribution is 6.22. The highest BCUT2D eigenvalue weighted by Gasteiger charge is 2.35. The Kier molecular flexibility index (Phi) is 5.84. The van der Waals surface area contributed by atoms with E-state index in [4.69, 9.17) is 0 Å². The van der Waals surface area contributed by atoms with Crippen LogP contribution < -0.4 is 4.90 Å². The van der Waals surface area contributed by atoms with E-state index in [0.717, 1.165) is 24.2 Å². The van der Waals surface area contributed by atoms with Crippen molar-refractivity contribution in [2.45, 2.75) is 25.8 Å². The Morgan fingerprint density at radius 3 is 2.12 bits per heavy atom. The third kappa shape index (κ3) is 3.73. The molecule has 0 saturated carbocycles. The number of carbonyl (C=O) groups is 1. The zero-order chi connectivity index (χ0) is 23.7. The third-order valence-corrected chi connectivity index (χ3v) is 6.66. The number of fused-ring (bicyclic) bond motifs is 1. The maximum atomic E-state index is 13.1. The molecule has 5 rings (SSSR count). The summed E-state index contributed by atoms with van der Waals surface area (Å²) in [4.78, 5) is 15.4. The van der Waals surface area contributed by atoms with E-state index in [2.05, 4.69) is 65.4 Å². The molecule has 170 valence electrons. The second-order valence-electron chi connectivity index (χ2n) is 8.51. The normalized spacial score (nSPS) is 19.2. The van der Waals surface area contributed by atoms with Crippen LogP contribution >= 0.6 is 0 Å². The van der Waals surface area contributed by atoms with E-state index in [1.807, 2.05) is 30.3 Å². The fourth-order valence-electron chi connectivity index (χ4n) is 4.83. The number of azo groups is 1. The van der Waals surface area contributed by atoms with Crippen LogP contribution in [-0.2, 0) is 0 Å². The molecular formula is C29H27N3O2. The maximum absolute atomic E-state index is 13.1. The number of aliphatic hydroxyl groups excluding tert-OH is 1. The molecule has 1 N–H and O–H groups in total. The van der Waals surface area contributed by atoms with Crippen LogP contribution in [0.5, 0.6) is 0 Å². The lowest BCUT2D eigenvalue weighted by Gasteiger charge is -2.26. The molecule has 2 atom stereocenters. The minimum Gasteiger partial charge on any atom is -0.506 e. The number of carbonyl (C=O) groups excluding carboxylic acids is 1. The van der Waals surface area contributed by atoms with E-state index in [0.29, 0.717) is 16.8 Å². The molecule has 0 amide bonds. The van der Waals surface area contributed by atoms with Gasteiger partial charge < -0.3 is 10.0 Å². The molecule has 5 heteroatoms. The molecular weight excluding hydrogens is 422 g/mol. The molecule has 0 fully saturated rings. The Bertz CT molecular complexity index is 1300. The van der Waals surface area contributed by atoms with Crippen molar-refractivity contribution in [3.8, 4) is 0 Å². The largest absolute Gasteiger partial charge is 0.506 e. The molecule has 34 heavy (non-hydrogen) atoms. The zero-order valence-corrected chi connectivity index (χ0v) is 19.3. The smallest absolute Gasteiger partial charge is 0.199 e. The second kappa shape index (κ2) is 9.10. The van der Waals surface area contributed by atoms with Gasteiger partial charge in [-0.1, -0.05) is 66.7 Å². The predicted octanol–water partition coefficient (Wildman–Crippen LogP) is 6.87. The molecule has 3 aromatic carbocycles. The van der Waals surface area contributed by atoms with Gasteiger partial charge in [-0.25, -0.2) is 0 Å². The summed E-state index contributed by atoms with van der Waals surface area (Å²) in [5.41, 5.74) is 5.01. The van der Waals surface area contributed by atoms with Crippen molar-refractivity contribution in [2.75, 3.05) is 18.0 Å². The van der Waals surface area contributed by atoms with E-state index < -0.39 is 0 Å². The molecule has 1 heterocycles. The molecule has 1 aliphatic heterocycles. The van der Waals surface area contributed by atoms with Crippen LogP contribution in [0.25, 0.3) is 5.76 Å². The summed E-state index contributed by atoms with van der Waals surface area (Å²) >= 11 is 0. The zero-order valence-electron chi connectivity index (χ0n) is 19.3. The quantitative estimate of drug-likeness (QED) is 0.446. The van der Waals surface area contributed by atoms with Gasteiger partial charge in [0.15, 0.2) is 5.78 Å². The molecule has 0 bridgehead atoms. The van der Waals surface area contributed by atoms with Crippen molar-refractivity contribution in [1.82, 2.24) is 0 Å².